The van der Waals surface area contributed by atoms with Crippen LogP contribution in [0.5, 0.6) is 0 Å². The molecule has 0 aromatic heterocycles. The summed E-state index contributed by atoms with van der Waals surface area (Å²) < 4.78 is 0. The van der Waals surface area contributed by atoms with Crippen molar-refractivity contribution in [1.82, 2.24) is 10.2 Å². The van der Waals surface area contributed by atoms with Crippen molar-refractivity contribution < 1.29 is 9.90 Å². The largest absolute Gasteiger partial charge is 0.396 e. The fraction of sp³-hybridized carbons (Fsp3) is 0.917. The molecule has 1 aliphatic heterocycles. The zero-order valence-corrected chi connectivity index (χ0v) is 10.6. The minimum Gasteiger partial charge on any atom is -0.396 e. The maximum atomic E-state index is 12.4. The van der Waals surface area contributed by atoms with Gasteiger partial charge in [0.15, 0.2) is 0 Å². The number of carbonyl (C=O) groups is 1. The van der Waals surface area contributed by atoms with E-state index in [0.29, 0.717) is 13.0 Å². The molecule has 1 unspecified atom stereocenters. The van der Waals surface area contributed by atoms with E-state index in [-0.39, 0.29) is 24.0 Å². The molecule has 4 heteroatoms. The standard InChI is InChI=1S/C12H24N2O2/c1-10(2)14(7-4-8-15)11(16)12(3)5-6-13-9-12/h10,13,15H,4-9H2,1-3H3. The van der Waals surface area contributed by atoms with Gasteiger partial charge < -0.3 is 15.3 Å². The van der Waals surface area contributed by atoms with Gasteiger partial charge in [0.2, 0.25) is 5.91 Å². The van der Waals surface area contributed by atoms with Gasteiger partial charge in [-0.05, 0) is 40.2 Å². The first-order valence-electron chi connectivity index (χ1n) is 6.14. The molecule has 16 heavy (non-hydrogen) atoms. The van der Waals surface area contributed by atoms with Crippen LogP contribution in [0.15, 0.2) is 0 Å². The SMILES string of the molecule is CC(C)N(CCCO)C(=O)C1(C)CCNC1. The second-order valence-electron chi connectivity index (χ2n) is 5.16. The Balaban J connectivity index is 2.66. The number of carbonyl (C=O) groups excluding carboxylic acids is 1. The Hall–Kier alpha value is -0.610. The summed E-state index contributed by atoms with van der Waals surface area (Å²) in [6, 6.07) is 0.205. The highest BCUT2D eigenvalue weighted by molar-refractivity contribution is 5.83. The third-order valence-corrected chi connectivity index (χ3v) is 3.33. The van der Waals surface area contributed by atoms with E-state index in [9.17, 15) is 4.79 Å². The van der Waals surface area contributed by atoms with Gasteiger partial charge in [0.1, 0.15) is 0 Å². The predicted molar refractivity (Wildman–Crippen MR) is 64.1 cm³/mol. The molecule has 1 fully saturated rings. The van der Waals surface area contributed by atoms with Crippen molar-refractivity contribution >= 4 is 5.91 Å². The van der Waals surface area contributed by atoms with Crippen molar-refractivity contribution in [3.8, 4) is 0 Å². The molecular weight excluding hydrogens is 204 g/mol. The van der Waals surface area contributed by atoms with Crippen molar-refractivity contribution in [1.29, 1.82) is 0 Å². The summed E-state index contributed by atoms with van der Waals surface area (Å²) in [4.78, 5) is 14.3. The minimum absolute atomic E-state index is 0.144. The Labute approximate surface area is 98.0 Å². The summed E-state index contributed by atoms with van der Waals surface area (Å²) >= 11 is 0. The monoisotopic (exact) mass is 228 g/mol. The lowest BCUT2D eigenvalue weighted by atomic mass is 9.87. The van der Waals surface area contributed by atoms with Gasteiger partial charge in [0.25, 0.3) is 0 Å². The van der Waals surface area contributed by atoms with E-state index in [0.717, 1.165) is 19.5 Å². The number of hydrogen-bond acceptors (Lipinski definition) is 3. The number of aliphatic hydroxyl groups is 1. The van der Waals surface area contributed by atoms with E-state index in [1.807, 2.05) is 25.7 Å². The first-order valence-corrected chi connectivity index (χ1v) is 6.14. The zero-order chi connectivity index (χ0) is 12.2. The predicted octanol–water partition coefficient (Wildman–Crippen LogP) is 0.605. The highest BCUT2D eigenvalue weighted by atomic mass is 16.3. The Kier molecular flexibility index (Phi) is 4.74. The van der Waals surface area contributed by atoms with E-state index < -0.39 is 0 Å². The molecule has 4 nitrogen and oxygen atoms in total. The lowest BCUT2D eigenvalue weighted by Gasteiger charge is -2.34. The van der Waals surface area contributed by atoms with Gasteiger partial charge in [-0.1, -0.05) is 0 Å². The fourth-order valence-electron chi connectivity index (χ4n) is 2.18. The van der Waals surface area contributed by atoms with Crippen LogP contribution >= 0.6 is 0 Å². The normalized spacial score (nSPS) is 25.1. The first kappa shape index (κ1) is 13.5. The molecule has 0 saturated carbocycles. The van der Waals surface area contributed by atoms with Gasteiger partial charge in [-0.15, -0.1) is 0 Å². The van der Waals surface area contributed by atoms with Gasteiger partial charge in [0.05, 0.1) is 5.41 Å². The summed E-state index contributed by atoms with van der Waals surface area (Å²) in [6.07, 6.45) is 1.57. The maximum Gasteiger partial charge on any atom is 0.230 e. The maximum absolute atomic E-state index is 12.4. The molecule has 2 N–H and O–H groups in total. The molecule has 1 amide bonds. The fourth-order valence-corrected chi connectivity index (χ4v) is 2.18. The molecule has 0 aliphatic carbocycles. The molecule has 0 aromatic carbocycles. The quantitative estimate of drug-likeness (QED) is 0.725. The Bertz CT molecular complexity index is 235. The van der Waals surface area contributed by atoms with E-state index in [1.54, 1.807) is 0 Å². The van der Waals surface area contributed by atoms with Gasteiger partial charge in [-0.2, -0.15) is 0 Å². The van der Waals surface area contributed by atoms with Crippen molar-refractivity contribution in [2.24, 2.45) is 5.41 Å². The van der Waals surface area contributed by atoms with E-state index >= 15 is 0 Å². The summed E-state index contributed by atoms with van der Waals surface area (Å²) in [5.41, 5.74) is -0.250. The van der Waals surface area contributed by atoms with Crippen LogP contribution in [0.3, 0.4) is 0 Å². The Morgan fingerprint density at radius 3 is 2.69 bits per heavy atom. The Morgan fingerprint density at radius 2 is 2.25 bits per heavy atom. The van der Waals surface area contributed by atoms with Crippen molar-refractivity contribution in [2.75, 3.05) is 26.2 Å². The third-order valence-electron chi connectivity index (χ3n) is 3.33. The molecule has 1 rings (SSSR count). The lowest BCUT2D eigenvalue weighted by molar-refractivity contribution is -0.142. The molecule has 94 valence electrons. The average molecular weight is 228 g/mol. The summed E-state index contributed by atoms with van der Waals surface area (Å²) in [7, 11) is 0. The molecule has 1 saturated heterocycles. The van der Waals surface area contributed by atoms with Crippen LogP contribution in [0.25, 0.3) is 0 Å². The van der Waals surface area contributed by atoms with Crippen molar-refractivity contribution in [2.45, 2.75) is 39.7 Å². The van der Waals surface area contributed by atoms with Crippen LogP contribution in [0.2, 0.25) is 0 Å². The molecule has 0 aromatic rings. The van der Waals surface area contributed by atoms with Crippen LogP contribution in [0, 0.1) is 5.41 Å². The van der Waals surface area contributed by atoms with Crippen LogP contribution in [-0.4, -0.2) is 48.2 Å². The summed E-state index contributed by atoms with van der Waals surface area (Å²) in [5.74, 6) is 0.223. The second kappa shape index (κ2) is 5.64. The molecule has 0 spiro atoms. The number of aliphatic hydroxyl groups excluding tert-OH is 1. The molecular formula is C12H24N2O2. The Morgan fingerprint density at radius 1 is 1.56 bits per heavy atom. The van der Waals surface area contributed by atoms with E-state index in [2.05, 4.69) is 5.32 Å². The van der Waals surface area contributed by atoms with Gasteiger partial charge in [-0.3, -0.25) is 4.79 Å². The van der Waals surface area contributed by atoms with Crippen LogP contribution < -0.4 is 5.32 Å². The summed E-state index contributed by atoms with van der Waals surface area (Å²) in [6.45, 7) is 8.59. The van der Waals surface area contributed by atoms with Crippen molar-refractivity contribution in [3.63, 3.8) is 0 Å². The lowest BCUT2D eigenvalue weighted by Crippen LogP contribution is -2.47. The van der Waals surface area contributed by atoms with Crippen LogP contribution in [0.1, 0.15) is 33.6 Å². The smallest absolute Gasteiger partial charge is 0.230 e. The topological polar surface area (TPSA) is 52.6 Å². The van der Waals surface area contributed by atoms with Gasteiger partial charge >= 0.3 is 0 Å². The number of nitrogens with one attached hydrogen (secondary N) is 1. The van der Waals surface area contributed by atoms with Gasteiger partial charge in [-0.25, -0.2) is 0 Å². The number of amides is 1. The van der Waals surface area contributed by atoms with Crippen LogP contribution in [0.4, 0.5) is 0 Å². The molecule has 1 aliphatic rings. The third kappa shape index (κ3) is 2.95. The first-order chi connectivity index (χ1) is 7.51. The van der Waals surface area contributed by atoms with Gasteiger partial charge in [0, 0.05) is 25.7 Å². The van der Waals surface area contributed by atoms with E-state index in [4.69, 9.17) is 5.11 Å². The molecule has 1 atom stereocenters. The number of nitrogens with zero attached hydrogens (tertiary/aromatic N) is 1. The zero-order valence-electron chi connectivity index (χ0n) is 10.6. The summed E-state index contributed by atoms with van der Waals surface area (Å²) in [5, 5.41) is 12.1. The van der Waals surface area contributed by atoms with Crippen molar-refractivity contribution in [3.05, 3.63) is 0 Å². The minimum atomic E-state index is -0.250. The molecule has 0 radical (unpaired) electrons. The second-order valence-corrected chi connectivity index (χ2v) is 5.16. The van der Waals surface area contributed by atoms with Crippen LogP contribution in [-0.2, 0) is 4.79 Å². The number of rotatable bonds is 5. The highest BCUT2D eigenvalue weighted by Crippen LogP contribution is 2.28. The van der Waals surface area contributed by atoms with E-state index in [1.165, 1.54) is 0 Å². The number of hydrogen-bond donors (Lipinski definition) is 2. The average Bonchev–Trinajstić information content (AvgIpc) is 2.66. The molecule has 0 bridgehead atoms. The molecule has 1 heterocycles. The highest BCUT2D eigenvalue weighted by Gasteiger charge is 2.39.